The lowest BCUT2D eigenvalue weighted by atomic mass is 9.89. The van der Waals surface area contributed by atoms with E-state index in [0.29, 0.717) is 17.6 Å². The van der Waals surface area contributed by atoms with Crippen LogP contribution in [0.2, 0.25) is 0 Å². The molecule has 4 aromatic rings. The lowest BCUT2D eigenvalue weighted by Crippen LogP contribution is -2.50. The van der Waals surface area contributed by atoms with E-state index in [9.17, 15) is 9.90 Å². The molecule has 194 valence electrons. The molecule has 0 bridgehead atoms. The average Bonchev–Trinajstić information content (AvgIpc) is 3.52. The summed E-state index contributed by atoms with van der Waals surface area (Å²) in [5, 5.41) is 21.4. The van der Waals surface area contributed by atoms with Gasteiger partial charge in [-0.15, -0.1) is 0 Å². The largest absolute Gasteiger partial charge is 0.391 e. The van der Waals surface area contributed by atoms with E-state index in [1.54, 1.807) is 4.52 Å². The number of fused-ring (bicyclic) bond motifs is 2. The highest BCUT2D eigenvalue weighted by atomic mass is 16.3. The number of carbonyl (C=O) groups is 1. The normalized spacial score (nSPS) is 20.8. The molecule has 11 nitrogen and oxygen atoms in total. The van der Waals surface area contributed by atoms with Gasteiger partial charge in [-0.3, -0.25) is 9.69 Å². The summed E-state index contributed by atoms with van der Waals surface area (Å²) in [4.78, 5) is 27.5. The fourth-order valence-electron chi connectivity index (χ4n) is 5.15. The van der Waals surface area contributed by atoms with E-state index in [4.69, 9.17) is 4.98 Å². The summed E-state index contributed by atoms with van der Waals surface area (Å²) in [7, 11) is 3.99. The summed E-state index contributed by atoms with van der Waals surface area (Å²) >= 11 is 0. The molecule has 3 N–H and O–H groups in total. The SMILES string of the molecule is CNc1cc(-c2cn(CCN3CCN(C)CC3)c3ncccc23)nc2c(C(=O)N[C@H]3CC[C@@H]3O)cnn12. The maximum absolute atomic E-state index is 13.0. The van der Waals surface area contributed by atoms with Crippen molar-refractivity contribution in [3.8, 4) is 11.3 Å². The summed E-state index contributed by atoms with van der Waals surface area (Å²) in [6.45, 7) is 6.12. The third kappa shape index (κ3) is 4.43. The minimum Gasteiger partial charge on any atom is -0.391 e. The summed E-state index contributed by atoms with van der Waals surface area (Å²) in [5.41, 5.74) is 3.48. The number of carbonyl (C=O) groups excluding carboxylic acids is 1. The van der Waals surface area contributed by atoms with Crippen LogP contribution in [0.4, 0.5) is 5.82 Å². The van der Waals surface area contributed by atoms with Gasteiger partial charge in [0.05, 0.1) is 24.0 Å². The van der Waals surface area contributed by atoms with Gasteiger partial charge in [-0.2, -0.15) is 9.61 Å². The summed E-state index contributed by atoms with van der Waals surface area (Å²) in [6, 6.07) is 5.73. The van der Waals surface area contributed by atoms with Crippen LogP contribution in [-0.4, -0.2) is 104 Å². The molecule has 6 rings (SSSR count). The van der Waals surface area contributed by atoms with Gasteiger partial charge in [-0.25, -0.2) is 9.97 Å². The molecule has 0 unspecified atom stereocenters. The quantitative estimate of drug-likeness (QED) is 0.346. The molecule has 37 heavy (non-hydrogen) atoms. The number of likely N-dealkylation sites (N-methyl/N-ethyl adjacent to an activating group) is 1. The van der Waals surface area contributed by atoms with E-state index < -0.39 is 6.10 Å². The minimum atomic E-state index is -0.494. The van der Waals surface area contributed by atoms with Gasteiger partial charge in [-0.1, -0.05) is 0 Å². The van der Waals surface area contributed by atoms with Gasteiger partial charge in [0.2, 0.25) is 0 Å². The van der Waals surface area contributed by atoms with E-state index in [0.717, 1.165) is 73.8 Å². The molecule has 0 spiro atoms. The molecular weight excluding hydrogens is 470 g/mol. The molecule has 1 aliphatic carbocycles. The first-order chi connectivity index (χ1) is 18.0. The number of anilines is 1. The highest BCUT2D eigenvalue weighted by Gasteiger charge is 2.31. The lowest BCUT2D eigenvalue weighted by molar-refractivity contribution is 0.0448. The third-order valence-corrected chi connectivity index (χ3v) is 7.69. The molecule has 1 saturated carbocycles. The number of rotatable bonds is 7. The molecule has 2 atom stereocenters. The second-order valence-corrected chi connectivity index (χ2v) is 10.1. The predicted octanol–water partition coefficient (Wildman–Crippen LogP) is 1.29. The van der Waals surface area contributed by atoms with Crippen molar-refractivity contribution in [1.82, 2.24) is 39.3 Å². The monoisotopic (exact) mass is 503 g/mol. The lowest BCUT2D eigenvalue weighted by Gasteiger charge is -2.32. The van der Waals surface area contributed by atoms with Crippen molar-refractivity contribution < 1.29 is 9.90 Å². The standard InChI is InChI=1S/C26H33N9O2/c1-27-23-14-21(30-25-18(15-29-35(23)25)26(37)31-20-5-6-22(20)36)19-16-34(24-17(19)4-3-7-28-24)13-12-33-10-8-32(2)9-11-33/h3-4,7,14-16,20,22,27,36H,5-6,8-13H2,1-2H3,(H,31,37)/t20-,22-/m0/s1. The molecule has 0 radical (unpaired) electrons. The van der Waals surface area contributed by atoms with Crippen LogP contribution in [0.25, 0.3) is 27.9 Å². The van der Waals surface area contributed by atoms with Gasteiger partial charge in [0.1, 0.15) is 17.0 Å². The highest BCUT2D eigenvalue weighted by molar-refractivity contribution is 6.01. The van der Waals surface area contributed by atoms with Crippen LogP contribution in [0.3, 0.4) is 0 Å². The number of aromatic nitrogens is 5. The molecule has 4 aromatic heterocycles. The second kappa shape index (κ2) is 9.73. The number of hydrogen-bond donors (Lipinski definition) is 3. The Labute approximate surface area is 215 Å². The Bertz CT molecular complexity index is 1440. The molecule has 0 aromatic carbocycles. The summed E-state index contributed by atoms with van der Waals surface area (Å²) in [6.07, 6.45) is 6.46. The van der Waals surface area contributed by atoms with Crippen LogP contribution in [0.5, 0.6) is 0 Å². The average molecular weight is 504 g/mol. The van der Waals surface area contributed by atoms with Crippen molar-refractivity contribution in [2.75, 3.05) is 52.1 Å². The Morgan fingerprint density at radius 3 is 2.73 bits per heavy atom. The minimum absolute atomic E-state index is 0.223. The zero-order chi connectivity index (χ0) is 25.5. The Kier molecular flexibility index (Phi) is 6.27. The molecule has 1 amide bonds. The van der Waals surface area contributed by atoms with Gasteiger partial charge >= 0.3 is 0 Å². The molecular formula is C26H33N9O2. The highest BCUT2D eigenvalue weighted by Crippen LogP contribution is 2.31. The topological polar surface area (TPSA) is 116 Å². The van der Waals surface area contributed by atoms with Gasteiger partial charge < -0.3 is 25.2 Å². The molecule has 1 aliphatic heterocycles. The van der Waals surface area contributed by atoms with Gasteiger partial charge in [-0.05, 0) is 32.0 Å². The van der Waals surface area contributed by atoms with Crippen molar-refractivity contribution in [3.05, 3.63) is 42.4 Å². The van der Waals surface area contributed by atoms with E-state index in [1.165, 1.54) is 6.20 Å². The Balaban J connectivity index is 1.35. The molecule has 5 heterocycles. The number of aliphatic hydroxyl groups excluding tert-OH is 1. The van der Waals surface area contributed by atoms with E-state index in [-0.39, 0.29) is 11.9 Å². The van der Waals surface area contributed by atoms with Gasteiger partial charge in [0, 0.05) is 75.7 Å². The first-order valence-corrected chi connectivity index (χ1v) is 12.9. The van der Waals surface area contributed by atoms with Crippen LogP contribution < -0.4 is 10.6 Å². The maximum atomic E-state index is 13.0. The third-order valence-electron chi connectivity index (χ3n) is 7.69. The summed E-state index contributed by atoms with van der Waals surface area (Å²) < 4.78 is 3.84. The Hall–Kier alpha value is -3.54. The van der Waals surface area contributed by atoms with Crippen molar-refractivity contribution >= 4 is 28.4 Å². The number of nitrogens with one attached hydrogen (secondary N) is 2. The van der Waals surface area contributed by atoms with Gasteiger partial charge in [0.15, 0.2) is 5.65 Å². The zero-order valence-electron chi connectivity index (χ0n) is 21.3. The Morgan fingerprint density at radius 2 is 2.00 bits per heavy atom. The fraction of sp³-hybridized carbons (Fsp3) is 0.462. The molecule has 2 aliphatic rings. The predicted molar refractivity (Wildman–Crippen MR) is 142 cm³/mol. The van der Waals surface area contributed by atoms with Crippen LogP contribution in [0.1, 0.15) is 23.2 Å². The maximum Gasteiger partial charge on any atom is 0.257 e. The fourth-order valence-corrected chi connectivity index (χ4v) is 5.15. The van der Waals surface area contributed by atoms with Crippen LogP contribution >= 0.6 is 0 Å². The number of hydrogen-bond acceptors (Lipinski definition) is 8. The smallest absolute Gasteiger partial charge is 0.257 e. The van der Waals surface area contributed by atoms with Crippen LogP contribution in [0, 0.1) is 0 Å². The first-order valence-electron chi connectivity index (χ1n) is 12.9. The van der Waals surface area contributed by atoms with Gasteiger partial charge in [0.25, 0.3) is 5.91 Å². The number of piperazine rings is 1. The Morgan fingerprint density at radius 1 is 1.16 bits per heavy atom. The van der Waals surface area contributed by atoms with Crippen molar-refractivity contribution in [1.29, 1.82) is 0 Å². The van der Waals surface area contributed by atoms with E-state index in [1.807, 2.05) is 25.4 Å². The first kappa shape index (κ1) is 23.8. The summed E-state index contributed by atoms with van der Waals surface area (Å²) in [5.74, 6) is 0.451. The van der Waals surface area contributed by atoms with E-state index in [2.05, 4.69) is 54.4 Å². The van der Waals surface area contributed by atoms with Crippen molar-refractivity contribution in [2.45, 2.75) is 31.5 Å². The molecule has 11 heteroatoms. The number of amides is 1. The second-order valence-electron chi connectivity index (χ2n) is 10.1. The van der Waals surface area contributed by atoms with Crippen LogP contribution in [0.15, 0.2) is 36.8 Å². The van der Waals surface area contributed by atoms with Crippen molar-refractivity contribution in [2.24, 2.45) is 0 Å². The van der Waals surface area contributed by atoms with Crippen molar-refractivity contribution in [3.63, 3.8) is 0 Å². The number of pyridine rings is 1. The molecule has 2 fully saturated rings. The number of aliphatic hydroxyl groups is 1. The van der Waals surface area contributed by atoms with Crippen LogP contribution in [-0.2, 0) is 6.54 Å². The molecule has 1 saturated heterocycles. The number of nitrogens with zero attached hydrogens (tertiary/aromatic N) is 7. The zero-order valence-corrected chi connectivity index (χ0v) is 21.3. The van der Waals surface area contributed by atoms with E-state index >= 15 is 0 Å².